The maximum atomic E-state index is 12.7. The summed E-state index contributed by atoms with van der Waals surface area (Å²) >= 11 is 1.62. The fourth-order valence-electron chi connectivity index (χ4n) is 3.18. The number of hydrogen-bond acceptors (Lipinski definition) is 5. The minimum Gasteiger partial charge on any atom is -0.348 e. The molecule has 1 aliphatic heterocycles. The van der Waals surface area contributed by atoms with Crippen LogP contribution in [0.15, 0.2) is 58.9 Å². The minimum absolute atomic E-state index is 0.0346. The average molecular weight is 374 g/mol. The molecule has 1 aromatic heterocycles. The fourth-order valence-corrected chi connectivity index (χ4v) is 5.22. The summed E-state index contributed by atoms with van der Waals surface area (Å²) in [5, 5.41) is 4.95. The van der Waals surface area contributed by atoms with Gasteiger partial charge in [0, 0.05) is 30.7 Å². The van der Waals surface area contributed by atoms with Gasteiger partial charge in [0.1, 0.15) is 0 Å². The zero-order chi connectivity index (χ0) is 17.3. The van der Waals surface area contributed by atoms with Gasteiger partial charge in [-0.3, -0.25) is 0 Å². The van der Waals surface area contributed by atoms with E-state index in [0.717, 1.165) is 41.8 Å². The van der Waals surface area contributed by atoms with Crippen molar-refractivity contribution in [3.8, 4) is 0 Å². The number of benzene rings is 2. The third-order valence-corrected chi connectivity index (χ3v) is 6.89. The SMILES string of the molecule is O=S(=O)(NC1CCN(c2nccs2)CC1)c1ccc2ccccc2c1. The zero-order valence-electron chi connectivity index (χ0n) is 13.6. The number of piperidine rings is 1. The van der Waals surface area contributed by atoms with Crippen molar-refractivity contribution < 1.29 is 8.42 Å². The summed E-state index contributed by atoms with van der Waals surface area (Å²) in [6.07, 6.45) is 3.37. The smallest absolute Gasteiger partial charge is 0.240 e. The molecule has 0 bridgehead atoms. The molecule has 0 saturated carbocycles. The van der Waals surface area contributed by atoms with Gasteiger partial charge in [-0.25, -0.2) is 18.1 Å². The molecule has 0 aliphatic carbocycles. The normalized spacial score (nSPS) is 16.4. The lowest BCUT2D eigenvalue weighted by molar-refractivity contribution is 0.460. The quantitative estimate of drug-likeness (QED) is 0.763. The van der Waals surface area contributed by atoms with Crippen LogP contribution in [0, 0.1) is 0 Å². The first kappa shape index (κ1) is 16.5. The minimum atomic E-state index is -3.50. The molecule has 2 aromatic carbocycles. The standard InChI is InChI=1S/C18H19N3O2S2/c22-25(23,17-6-5-14-3-1-2-4-15(14)13-17)20-16-7-10-21(11-8-16)18-19-9-12-24-18/h1-6,9,12-13,16,20H,7-8,10-11H2. The van der Waals surface area contributed by atoms with Crippen LogP contribution >= 0.6 is 11.3 Å². The molecule has 130 valence electrons. The van der Waals surface area contributed by atoms with Gasteiger partial charge >= 0.3 is 0 Å². The first-order valence-corrected chi connectivity index (χ1v) is 10.6. The number of anilines is 1. The van der Waals surface area contributed by atoms with Crippen LogP contribution in [0.2, 0.25) is 0 Å². The van der Waals surface area contributed by atoms with E-state index >= 15 is 0 Å². The van der Waals surface area contributed by atoms with Crippen LogP contribution in [0.1, 0.15) is 12.8 Å². The van der Waals surface area contributed by atoms with Crippen LogP contribution in [-0.2, 0) is 10.0 Å². The summed E-state index contributed by atoms with van der Waals surface area (Å²) in [4.78, 5) is 6.86. The number of rotatable bonds is 4. The van der Waals surface area contributed by atoms with Crippen LogP contribution in [-0.4, -0.2) is 32.5 Å². The number of hydrogen-bond donors (Lipinski definition) is 1. The Kier molecular flexibility index (Phi) is 4.45. The third-order valence-electron chi connectivity index (χ3n) is 4.54. The molecule has 25 heavy (non-hydrogen) atoms. The molecule has 0 unspecified atom stereocenters. The topological polar surface area (TPSA) is 62.3 Å². The van der Waals surface area contributed by atoms with Gasteiger partial charge in [0.2, 0.25) is 10.0 Å². The molecule has 1 N–H and O–H groups in total. The first-order valence-electron chi connectivity index (χ1n) is 8.27. The third kappa shape index (κ3) is 3.53. The molecule has 1 fully saturated rings. The maximum Gasteiger partial charge on any atom is 0.240 e. The van der Waals surface area contributed by atoms with E-state index < -0.39 is 10.0 Å². The number of aromatic nitrogens is 1. The van der Waals surface area contributed by atoms with Crippen molar-refractivity contribution in [2.75, 3.05) is 18.0 Å². The van der Waals surface area contributed by atoms with E-state index in [1.54, 1.807) is 29.7 Å². The predicted molar refractivity (Wildman–Crippen MR) is 102 cm³/mol. The summed E-state index contributed by atoms with van der Waals surface area (Å²) in [6, 6.07) is 13.0. The molecular weight excluding hydrogens is 354 g/mol. The highest BCUT2D eigenvalue weighted by molar-refractivity contribution is 7.89. The van der Waals surface area contributed by atoms with E-state index in [1.807, 2.05) is 35.7 Å². The van der Waals surface area contributed by atoms with E-state index in [4.69, 9.17) is 0 Å². The van der Waals surface area contributed by atoms with Gasteiger partial charge in [-0.15, -0.1) is 11.3 Å². The fraction of sp³-hybridized carbons (Fsp3) is 0.278. The second kappa shape index (κ2) is 6.74. The van der Waals surface area contributed by atoms with E-state index in [2.05, 4.69) is 14.6 Å². The summed E-state index contributed by atoms with van der Waals surface area (Å²) in [5.74, 6) is 0. The summed E-state index contributed by atoms with van der Waals surface area (Å²) < 4.78 is 28.3. The first-order chi connectivity index (χ1) is 12.1. The van der Waals surface area contributed by atoms with Gasteiger partial charge in [0.25, 0.3) is 0 Å². The van der Waals surface area contributed by atoms with Crippen molar-refractivity contribution in [2.24, 2.45) is 0 Å². The van der Waals surface area contributed by atoms with Gasteiger partial charge < -0.3 is 4.90 Å². The van der Waals surface area contributed by atoms with Gasteiger partial charge in [-0.05, 0) is 35.7 Å². The summed E-state index contributed by atoms with van der Waals surface area (Å²) in [7, 11) is -3.50. The summed E-state index contributed by atoms with van der Waals surface area (Å²) in [5.41, 5.74) is 0. The van der Waals surface area contributed by atoms with Crippen LogP contribution in [0.3, 0.4) is 0 Å². The van der Waals surface area contributed by atoms with E-state index in [1.165, 1.54) is 0 Å². The Balaban J connectivity index is 1.46. The highest BCUT2D eigenvalue weighted by atomic mass is 32.2. The second-order valence-electron chi connectivity index (χ2n) is 6.21. The van der Waals surface area contributed by atoms with Crippen LogP contribution < -0.4 is 9.62 Å². The monoisotopic (exact) mass is 373 g/mol. The van der Waals surface area contributed by atoms with Gasteiger partial charge in [0.15, 0.2) is 5.13 Å². The molecule has 3 aromatic rings. The number of sulfonamides is 1. The number of nitrogens with one attached hydrogen (secondary N) is 1. The predicted octanol–water partition coefficient (Wildman–Crippen LogP) is 3.24. The Morgan fingerprint density at radius 2 is 1.84 bits per heavy atom. The van der Waals surface area contributed by atoms with Crippen molar-refractivity contribution in [1.82, 2.24) is 9.71 Å². The Bertz CT molecular complexity index is 963. The molecular formula is C18H19N3O2S2. The van der Waals surface area contributed by atoms with E-state index in [9.17, 15) is 8.42 Å². The molecule has 2 heterocycles. The average Bonchev–Trinajstić information content (AvgIpc) is 3.16. The van der Waals surface area contributed by atoms with Crippen molar-refractivity contribution >= 4 is 37.3 Å². The molecule has 5 nitrogen and oxygen atoms in total. The number of nitrogens with zero attached hydrogens (tertiary/aromatic N) is 2. The summed E-state index contributed by atoms with van der Waals surface area (Å²) in [6.45, 7) is 1.64. The molecule has 1 saturated heterocycles. The highest BCUT2D eigenvalue weighted by Crippen LogP contribution is 2.24. The lowest BCUT2D eigenvalue weighted by Crippen LogP contribution is -2.44. The van der Waals surface area contributed by atoms with Crippen molar-refractivity contribution in [3.63, 3.8) is 0 Å². The van der Waals surface area contributed by atoms with Crippen molar-refractivity contribution in [1.29, 1.82) is 0 Å². The van der Waals surface area contributed by atoms with E-state index in [-0.39, 0.29) is 6.04 Å². The Hall–Kier alpha value is -1.96. The highest BCUT2D eigenvalue weighted by Gasteiger charge is 2.25. The van der Waals surface area contributed by atoms with Crippen LogP contribution in [0.25, 0.3) is 10.8 Å². The van der Waals surface area contributed by atoms with Gasteiger partial charge in [0.05, 0.1) is 4.90 Å². The molecule has 0 atom stereocenters. The molecule has 1 aliphatic rings. The van der Waals surface area contributed by atoms with Crippen LogP contribution in [0.5, 0.6) is 0 Å². The Labute approximate surface area is 151 Å². The second-order valence-corrected chi connectivity index (χ2v) is 8.79. The lowest BCUT2D eigenvalue weighted by atomic mass is 10.1. The Morgan fingerprint density at radius 3 is 2.56 bits per heavy atom. The molecule has 4 rings (SSSR count). The van der Waals surface area contributed by atoms with Crippen LogP contribution in [0.4, 0.5) is 5.13 Å². The number of fused-ring (bicyclic) bond motifs is 1. The maximum absolute atomic E-state index is 12.7. The lowest BCUT2D eigenvalue weighted by Gasteiger charge is -2.31. The van der Waals surface area contributed by atoms with Crippen molar-refractivity contribution in [2.45, 2.75) is 23.8 Å². The zero-order valence-corrected chi connectivity index (χ0v) is 15.3. The molecule has 0 radical (unpaired) electrons. The molecule has 7 heteroatoms. The molecule has 0 amide bonds. The number of thiazole rings is 1. The van der Waals surface area contributed by atoms with E-state index in [0.29, 0.717) is 4.90 Å². The van der Waals surface area contributed by atoms with Gasteiger partial charge in [-0.2, -0.15) is 0 Å². The van der Waals surface area contributed by atoms with Crippen molar-refractivity contribution in [3.05, 3.63) is 54.0 Å². The van der Waals surface area contributed by atoms with Gasteiger partial charge in [-0.1, -0.05) is 30.3 Å². The Morgan fingerprint density at radius 1 is 1.08 bits per heavy atom. The molecule has 0 spiro atoms. The largest absolute Gasteiger partial charge is 0.348 e.